The molecule has 0 aliphatic rings. The molecule has 0 radical (unpaired) electrons. The second-order valence-electron chi connectivity index (χ2n) is 5.86. The van der Waals surface area contributed by atoms with Crippen LogP contribution in [-0.4, -0.2) is 15.5 Å². The van der Waals surface area contributed by atoms with Crippen molar-refractivity contribution in [3.63, 3.8) is 0 Å². The van der Waals surface area contributed by atoms with Crippen molar-refractivity contribution in [2.24, 2.45) is 7.05 Å². The lowest BCUT2D eigenvalue weighted by atomic mass is 10.1. The minimum absolute atomic E-state index is 0.313. The van der Waals surface area contributed by atoms with Crippen LogP contribution in [0.25, 0.3) is 6.08 Å². The number of rotatable bonds is 5. The van der Waals surface area contributed by atoms with Crippen molar-refractivity contribution in [1.82, 2.24) is 14.9 Å². The highest BCUT2D eigenvalue weighted by Gasteiger charge is 2.20. The Hall–Kier alpha value is -3.35. The van der Waals surface area contributed by atoms with Crippen LogP contribution in [0.4, 0.5) is 13.2 Å². The van der Waals surface area contributed by atoms with Gasteiger partial charge in [0.1, 0.15) is 29.3 Å². The summed E-state index contributed by atoms with van der Waals surface area (Å²) in [6.45, 7) is 0. The highest BCUT2D eigenvalue weighted by Crippen LogP contribution is 2.21. The number of carbonyl (C=O) groups is 1. The van der Waals surface area contributed by atoms with Crippen LogP contribution in [0.1, 0.15) is 23.0 Å². The maximum absolute atomic E-state index is 13.7. The van der Waals surface area contributed by atoms with E-state index in [0.717, 1.165) is 24.3 Å². The Morgan fingerprint density at radius 3 is 2.48 bits per heavy atom. The molecule has 1 atom stereocenters. The van der Waals surface area contributed by atoms with Gasteiger partial charge in [-0.15, -0.1) is 0 Å². The standard InChI is InChI=1S/C20H16F3N3O/c1-26-11-10-24-20(26)19(13-4-2-5-14(21)12-13)25-18(27)9-8-15-16(22)6-3-7-17(15)23/h2-12,19H,1H3,(H,25,27)/b9-8-/t19-/m1/s1. The average Bonchev–Trinajstić information content (AvgIpc) is 3.05. The van der Waals surface area contributed by atoms with Gasteiger partial charge in [-0.1, -0.05) is 18.2 Å². The Balaban J connectivity index is 1.87. The summed E-state index contributed by atoms with van der Waals surface area (Å²) in [6.07, 6.45) is 5.33. The molecule has 0 aliphatic carbocycles. The number of nitrogens with one attached hydrogen (secondary N) is 1. The first-order valence-corrected chi connectivity index (χ1v) is 8.11. The Labute approximate surface area is 154 Å². The van der Waals surface area contributed by atoms with E-state index in [2.05, 4.69) is 10.3 Å². The van der Waals surface area contributed by atoms with E-state index in [1.165, 1.54) is 24.3 Å². The molecular weight excluding hydrogens is 355 g/mol. The number of aryl methyl sites for hydroxylation is 1. The summed E-state index contributed by atoms with van der Waals surface area (Å²) in [5, 5.41) is 2.69. The van der Waals surface area contributed by atoms with E-state index in [1.807, 2.05) is 0 Å². The van der Waals surface area contributed by atoms with Crippen molar-refractivity contribution in [3.05, 3.63) is 95.3 Å². The number of hydrogen-bond acceptors (Lipinski definition) is 2. The van der Waals surface area contributed by atoms with Crippen LogP contribution in [0.5, 0.6) is 0 Å². The van der Waals surface area contributed by atoms with Crippen LogP contribution in [0.3, 0.4) is 0 Å². The monoisotopic (exact) mass is 371 g/mol. The van der Waals surface area contributed by atoms with Crippen LogP contribution in [-0.2, 0) is 11.8 Å². The van der Waals surface area contributed by atoms with Crippen LogP contribution < -0.4 is 5.32 Å². The average molecular weight is 371 g/mol. The summed E-state index contributed by atoms with van der Waals surface area (Å²) in [5.74, 6) is -2.12. The molecule has 1 heterocycles. The predicted octanol–water partition coefficient (Wildman–Crippen LogP) is 3.76. The molecule has 0 spiro atoms. The number of halogens is 3. The largest absolute Gasteiger partial charge is 0.339 e. The Morgan fingerprint density at radius 2 is 1.85 bits per heavy atom. The van der Waals surface area contributed by atoms with Gasteiger partial charge in [-0.25, -0.2) is 18.2 Å². The zero-order valence-electron chi connectivity index (χ0n) is 14.4. The summed E-state index contributed by atoms with van der Waals surface area (Å²) < 4.78 is 42.7. The summed E-state index contributed by atoms with van der Waals surface area (Å²) >= 11 is 0. The molecule has 3 aromatic rings. The molecule has 7 heteroatoms. The topological polar surface area (TPSA) is 46.9 Å². The summed E-state index contributed by atoms with van der Waals surface area (Å²) in [6, 6.07) is 8.47. The van der Waals surface area contributed by atoms with E-state index in [-0.39, 0.29) is 5.56 Å². The minimum atomic E-state index is -0.773. The van der Waals surface area contributed by atoms with Crippen molar-refractivity contribution >= 4 is 12.0 Å². The molecule has 0 fully saturated rings. The van der Waals surface area contributed by atoms with Gasteiger partial charge in [0.2, 0.25) is 5.91 Å². The highest BCUT2D eigenvalue weighted by atomic mass is 19.1. The third-order valence-electron chi connectivity index (χ3n) is 3.99. The maximum Gasteiger partial charge on any atom is 0.244 e. The van der Waals surface area contributed by atoms with E-state index < -0.39 is 29.4 Å². The van der Waals surface area contributed by atoms with Gasteiger partial charge in [-0.05, 0) is 35.9 Å². The molecule has 0 saturated carbocycles. The maximum atomic E-state index is 13.7. The number of amides is 1. The molecular formula is C20H16F3N3O. The van der Waals surface area contributed by atoms with Gasteiger partial charge in [0.05, 0.1) is 0 Å². The zero-order chi connectivity index (χ0) is 19.4. The van der Waals surface area contributed by atoms with Crippen molar-refractivity contribution in [2.45, 2.75) is 6.04 Å². The molecule has 0 aliphatic heterocycles. The van der Waals surface area contributed by atoms with Crippen molar-refractivity contribution in [2.75, 3.05) is 0 Å². The van der Waals surface area contributed by atoms with Gasteiger partial charge in [0, 0.05) is 31.1 Å². The van der Waals surface area contributed by atoms with Crippen molar-refractivity contribution in [1.29, 1.82) is 0 Å². The predicted molar refractivity (Wildman–Crippen MR) is 95.0 cm³/mol. The molecule has 0 unspecified atom stereocenters. The lowest BCUT2D eigenvalue weighted by Crippen LogP contribution is -2.29. The first-order chi connectivity index (χ1) is 13.0. The molecule has 1 N–H and O–H groups in total. The third-order valence-corrected chi connectivity index (χ3v) is 3.99. The second kappa shape index (κ2) is 7.90. The zero-order valence-corrected chi connectivity index (χ0v) is 14.4. The SMILES string of the molecule is Cn1ccnc1[C@H](NC(=O)/C=C\c1c(F)cccc1F)c1cccc(F)c1. The fourth-order valence-electron chi connectivity index (χ4n) is 2.66. The van der Waals surface area contributed by atoms with Crippen LogP contribution in [0.15, 0.2) is 60.9 Å². The van der Waals surface area contributed by atoms with Crippen molar-refractivity contribution < 1.29 is 18.0 Å². The molecule has 1 aromatic heterocycles. The van der Waals surface area contributed by atoms with E-state index in [1.54, 1.807) is 30.1 Å². The molecule has 27 heavy (non-hydrogen) atoms. The molecule has 2 aromatic carbocycles. The highest BCUT2D eigenvalue weighted by molar-refractivity contribution is 5.92. The van der Waals surface area contributed by atoms with Gasteiger partial charge in [0.15, 0.2) is 0 Å². The smallest absolute Gasteiger partial charge is 0.244 e. The molecule has 0 saturated heterocycles. The van der Waals surface area contributed by atoms with Gasteiger partial charge < -0.3 is 9.88 Å². The number of hydrogen-bond donors (Lipinski definition) is 1. The molecule has 4 nitrogen and oxygen atoms in total. The number of nitrogens with zero attached hydrogens (tertiary/aromatic N) is 2. The fourth-order valence-corrected chi connectivity index (χ4v) is 2.66. The van der Waals surface area contributed by atoms with Crippen molar-refractivity contribution in [3.8, 4) is 0 Å². The Kier molecular flexibility index (Phi) is 5.40. The van der Waals surface area contributed by atoms with E-state index in [0.29, 0.717) is 11.4 Å². The number of benzene rings is 2. The van der Waals surface area contributed by atoms with E-state index >= 15 is 0 Å². The fraction of sp³-hybridized carbons (Fsp3) is 0.100. The minimum Gasteiger partial charge on any atom is -0.339 e. The number of aromatic nitrogens is 2. The van der Waals surface area contributed by atoms with Gasteiger partial charge in [-0.2, -0.15) is 0 Å². The van der Waals surface area contributed by atoms with E-state index in [4.69, 9.17) is 0 Å². The number of carbonyl (C=O) groups excluding carboxylic acids is 1. The first-order valence-electron chi connectivity index (χ1n) is 8.11. The summed E-state index contributed by atoms with van der Waals surface area (Å²) in [7, 11) is 1.74. The third kappa shape index (κ3) is 4.25. The first kappa shape index (κ1) is 18.4. The lowest BCUT2D eigenvalue weighted by molar-refractivity contribution is -0.117. The van der Waals surface area contributed by atoms with Gasteiger partial charge >= 0.3 is 0 Å². The van der Waals surface area contributed by atoms with E-state index in [9.17, 15) is 18.0 Å². The lowest BCUT2D eigenvalue weighted by Gasteiger charge is -2.18. The van der Waals surface area contributed by atoms with Gasteiger partial charge in [0.25, 0.3) is 0 Å². The van der Waals surface area contributed by atoms with Gasteiger partial charge in [-0.3, -0.25) is 4.79 Å². The van der Waals surface area contributed by atoms with Crippen LogP contribution in [0, 0.1) is 17.5 Å². The molecule has 1 amide bonds. The van der Waals surface area contributed by atoms with Crippen LogP contribution >= 0.6 is 0 Å². The Morgan fingerprint density at radius 1 is 1.15 bits per heavy atom. The molecule has 0 bridgehead atoms. The Bertz CT molecular complexity index is 977. The quantitative estimate of drug-likeness (QED) is 0.695. The number of imidazole rings is 1. The normalized spacial score (nSPS) is 12.3. The summed E-state index contributed by atoms with van der Waals surface area (Å²) in [5.41, 5.74) is 0.176. The van der Waals surface area contributed by atoms with Crippen LogP contribution in [0.2, 0.25) is 0 Å². The molecule has 138 valence electrons. The second-order valence-corrected chi connectivity index (χ2v) is 5.86. The summed E-state index contributed by atoms with van der Waals surface area (Å²) in [4.78, 5) is 16.5. The molecule has 3 rings (SSSR count).